The van der Waals surface area contributed by atoms with Crippen LogP contribution in [0.5, 0.6) is 0 Å². The molecule has 0 spiro atoms. The molecule has 116 valence electrons. The Labute approximate surface area is 125 Å². The standard InChI is InChI=1S/C14H26N2O3S/c1-4-7-13(2,11(17)18)16-12(19)15-10-14(20-3)8-5-6-9-14/h4-10H2,1-3H3,(H,17,18)(H2,15,16,19). The fraction of sp³-hybridized carbons (Fsp3) is 0.857. The second-order valence-corrected chi connectivity index (χ2v) is 7.06. The molecule has 1 unspecified atom stereocenters. The SMILES string of the molecule is CCCC(C)(NC(=O)NCC1(SC)CCCC1)C(=O)O. The second-order valence-electron chi connectivity index (χ2n) is 5.79. The van der Waals surface area contributed by atoms with Gasteiger partial charge in [0.05, 0.1) is 0 Å². The Morgan fingerprint density at radius 1 is 1.35 bits per heavy atom. The maximum atomic E-state index is 12.0. The van der Waals surface area contributed by atoms with Gasteiger partial charge in [-0.2, -0.15) is 11.8 Å². The number of rotatable bonds is 7. The molecule has 0 bridgehead atoms. The zero-order valence-electron chi connectivity index (χ0n) is 12.6. The minimum atomic E-state index is -1.19. The van der Waals surface area contributed by atoms with Crippen molar-refractivity contribution < 1.29 is 14.7 Å². The summed E-state index contributed by atoms with van der Waals surface area (Å²) in [6.07, 6.45) is 7.82. The van der Waals surface area contributed by atoms with Crippen molar-refractivity contribution in [3.8, 4) is 0 Å². The number of carbonyl (C=O) groups excluding carboxylic acids is 1. The number of thioether (sulfide) groups is 1. The van der Waals surface area contributed by atoms with E-state index in [-0.39, 0.29) is 10.8 Å². The van der Waals surface area contributed by atoms with Crippen LogP contribution in [0.2, 0.25) is 0 Å². The van der Waals surface area contributed by atoms with Gasteiger partial charge in [-0.3, -0.25) is 0 Å². The topological polar surface area (TPSA) is 78.4 Å². The fourth-order valence-electron chi connectivity index (χ4n) is 2.73. The number of amides is 2. The minimum absolute atomic E-state index is 0.127. The van der Waals surface area contributed by atoms with Gasteiger partial charge >= 0.3 is 12.0 Å². The van der Waals surface area contributed by atoms with Crippen molar-refractivity contribution in [1.82, 2.24) is 10.6 Å². The number of carboxylic acid groups (broad SMARTS) is 1. The summed E-state index contributed by atoms with van der Waals surface area (Å²) < 4.78 is 0.127. The maximum absolute atomic E-state index is 12.0. The number of hydrogen-bond acceptors (Lipinski definition) is 3. The van der Waals surface area contributed by atoms with Crippen molar-refractivity contribution in [3.05, 3.63) is 0 Å². The highest BCUT2D eigenvalue weighted by molar-refractivity contribution is 8.00. The number of carbonyl (C=O) groups is 2. The van der Waals surface area contributed by atoms with Crippen molar-refractivity contribution in [2.24, 2.45) is 0 Å². The third-order valence-electron chi connectivity index (χ3n) is 4.13. The molecule has 0 saturated heterocycles. The van der Waals surface area contributed by atoms with Crippen LogP contribution in [0.4, 0.5) is 4.79 Å². The van der Waals surface area contributed by atoms with E-state index in [1.54, 1.807) is 18.7 Å². The second kappa shape index (κ2) is 7.20. The molecule has 0 aromatic carbocycles. The van der Waals surface area contributed by atoms with E-state index in [2.05, 4.69) is 16.9 Å². The molecule has 2 amide bonds. The Kier molecular flexibility index (Phi) is 6.17. The van der Waals surface area contributed by atoms with Gasteiger partial charge in [-0.15, -0.1) is 0 Å². The van der Waals surface area contributed by atoms with Crippen molar-refractivity contribution >= 4 is 23.8 Å². The molecule has 1 rings (SSSR count). The van der Waals surface area contributed by atoms with E-state index in [0.29, 0.717) is 19.4 Å². The number of carboxylic acids is 1. The lowest BCUT2D eigenvalue weighted by molar-refractivity contribution is -0.144. The summed E-state index contributed by atoms with van der Waals surface area (Å²) in [5, 5.41) is 14.7. The third kappa shape index (κ3) is 4.30. The molecule has 1 atom stereocenters. The zero-order valence-corrected chi connectivity index (χ0v) is 13.4. The van der Waals surface area contributed by atoms with Gasteiger partial charge in [0.25, 0.3) is 0 Å². The van der Waals surface area contributed by atoms with Crippen LogP contribution < -0.4 is 10.6 Å². The van der Waals surface area contributed by atoms with E-state index in [1.807, 2.05) is 6.92 Å². The third-order valence-corrected chi connectivity index (χ3v) is 5.55. The number of urea groups is 1. The summed E-state index contributed by atoms with van der Waals surface area (Å²) in [6, 6.07) is -0.385. The molecule has 0 radical (unpaired) electrons. The molecule has 1 aliphatic carbocycles. The Morgan fingerprint density at radius 2 is 1.95 bits per heavy atom. The first-order valence-electron chi connectivity index (χ1n) is 7.22. The molecular weight excluding hydrogens is 276 g/mol. The molecule has 1 saturated carbocycles. The predicted octanol–water partition coefficient (Wildman–Crippen LogP) is 2.60. The summed E-state index contributed by atoms with van der Waals surface area (Å²) in [4.78, 5) is 23.2. The van der Waals surface area contributed by atoms with Gasteiger partial charge in [0, 0.05) is 11.3 Å². The van der Waals surface area contributed by atoms with Crippen LogP contribution in [-0.2, 0) is 4.79 Å². The van der Waals surface area contributed by atoms with E-state index in [1.165, 1.54) is 12.8 Å². The first-order valence-corrected chi connectivity index (χ1v) is 8.44. The van der Waals surface area contributed by atoms with E-state index in [4.69, 9.17) is 0 Å². The van der Waals surface area contributed by atoms with Gasteiger partial charge in [-0.25, -0.2) is 9.59 Å². The Hall–Kier alpha value is -0.910. The largest absolute Gasteiger partial charge is 0.480 e. The first kappa shape index (κ1) is 17.1. The molecule has 1 aliphatic rings. The van der Waals surface area contributed by atoms with Gasteiger partial charge in [-0.05, 0) is 32.4 Å². The molecule has 0 aliphatic heterocycles. The van der Waals surface area contributed by atoms with Gasteiger partial charge < -0.3 is 15.7 Å². The highest BCUT2D eigenvalue weighted by atomic mass is 32.2. The average Bonchev–Trinajstić information content (AvgIpc) is 2.86. The van der Waals surface area contributed by atoms with E-state index in [9.17, 15) is 14.7 Å². The van der Waals surface area contributed by atoms with Crippen LogP contribution in [0, 0.1) is 0 Å². The summed E-state index contributed by atoms with van der Waals surface area (Å²) in [5.74, 6) is -0.991. The van der Waals surface area contributed by atoms with E-state index >= 15 is 0 Å². The normalized spacial score (nSPS) is 20.1. The van der Waals surface area contributed by atoms with Crippen molar-refractivity contribution in [2.45, 2.75) is 62.7 Å². The molecule has 3 N–H and O–H groups in total. The summed E-state index contributed by atoms with van der Waals surface area (Å²) in [6.45, 7) is 4.06. The predicted molar refractivity (Wildman–Crippen MR) is 82.2 cm³/mol. The van der Waals surface area contributed by atoms with Gasteiger partial charge in [-0.1, -0.05) is 26.2 Å². The number of aliphatic carboxylic acids is 1. The molecular formula is C14H26N2O3S. The monoisotopic (exact) mass is 302 g/mol. The maximum Gasteiger partial charge on any atom is 0.329 e. The molecule has 6 heteroatoms. The summed E-state index contributed by atoms with van der Waals surface area (Å²) in [7, 11) is 0. The Morgan fingerprint density at radius 3 is 2.40 bits per heavy atom. The number of hydrogen-bond donors (Lipinski definition) is 3. The molecule has 20 heavy (non-hydrogen) atoms. The van der Waals surface area contributed by atoms with Crippen LogP contribution in [0.15, 0.2) is 0 Å². The molecule has 5 nitrogen and oxygen atoms in total. The van der Waals surface area contributed by atoms with Crippen LogP contribution in [-0.4, -0.2) is 40.2 Å². The van der Waals surface area contributed by atoms with Gasteiger partial charge in [0.15, 0.2) is 0 Å². The van der Waals surface area contributed by atoms with Gasteiger partial charge in [0.1, 0.15) is 5.54 Å². The average molecular weight is 302 g/mol. The zero-order chi connectivity index (χ0) is 15.2. The highest BCUT2D eigenvalue weighted by Crippen LogP contribution is 2.39. The van der Waals surface area contributed by atoms with Gasteiger partial charge in [0.2, 0.25) is 0 Å². The van der Waals surface area contributed by atoms with E-state index in [0.717, 1.165) is 12.8 Å². The van der Waals surface area contributed by atoms with Crippen LogP contribution in [0.1, 0.15) is 52.4 Å². The Bertz CT molecular complexity index is 356. The molecule has 0 heterocycles. The summed E-state index contributed by atoms with van der Waals surface area (Å²) in [5.41, 5.74) is -1.19. The van der Waals surface area contributed by atoms with Crippen LogP contribution in [0.3, 0.4) is 0 Å². The molecule has 0 aromatic heterocycles. The van der Waals surface area contributed by atoms with Crippen LogP contribution in [0.25, 0.3) is 0 Å². The minimum Gasteiger partial charge on any atom is -0.480 e. The van der Waals surface area contributed by atoms with Crippen molar-refractivity contribution in [3.63, 3.8) is 0 Å². The lowest BCUT2D eigenvalue weighted by Gasteiger charge is -2.29. The Balaban J connectivity index is 2.52. The first-order chi connectivity index (χ1) is 9.37. The molecule has 1 fully saturated rings. The van der Waals surface area contributed by atoms with E-state index < -0.39 is 11.5 Å². The fourth-order valence-corrected chi connectivity index (χ4v) is 3.64. The van der Waals surface area contributed by atoms with Crippen molar-refractivity contribution in [2.75, 3.05) is 12.8 Å². The smallest absolute Gasteiger partial charge is 0.329 e. The lowest BCUT2D eigenvalue weighted by atomic mass is 9.96. The highest BCUT2D eigenvalue weighted by Gasteiger charge is 2.36. The van der Waals surface area contributed by atoms with Crippen LogP contribution >= 0.6 is 11.8 Å². The van der Waals surface area contributed by atoms with Crippen molar-refractivity contribution in [1.29, 1.82) is 0 Å². The molecule has 0 aromatic rings. The number of nitrogens with one attached hydrogen (secondary N) is 2. The quantitative estimate of drug-likeness (QED) is 0.675. The lowest BCUT2D eigenvalue weighted by Crippen LogP contribution is -2.56. The summed E-state index contributed by atoms with van der Waals surface area (Å²) >= 11 is 1.80.